The number of aryl methyl sites for hydroxylation is 1. The van der Waals surface area contributed by atoms with E-state index >= 15 is 9.59 Å². The van der Waals surface area contributed by atoms with Crippen LogP contribution < -0.4 is 37.6 Å². The smallest absolute Gasteiger partial charge is 0.410 e. The molecular formula is C68H99N11O15. The summed E-state index contributed by atoms with van der Waals surface area (Å²) in [7, 11) is 4.89. The molecule has 11 amide bonds. The number of imide groups is 1. The van der Waals surface area contributed by atoms with Gasteiger partial charge in [-0.1, -0.05) is 105 Å². The van der Waals surface area contributed by atoms with E-state index in [2.05, 4.69) is 31.9 Å². The summed E-state index contributed by atoms with van der Waals surface area (Å²) in [5.74, 6) is -6.09. The number of carbonyl (C=O) groups excluding carboxylic acids is 12. The molecule has 0 saturated carbocycles. The Kier molecular flexibility index (Phi) is 29.5. The van der Waals surface area contributed by atoms with Crippen molar-refractivity contribution in [1.29, 1.82) is 0 Å². The summed E-state index contributed by atoms with van der Waals surface area (Å²) >= 11 is 0. The summed E-state index contributed by atoms with van der Waals surface area (Å²) < 4.78 is 18.0. The number of nitrogens with two attached hydrogens (primary N) is 1. The Labute approximate surface area is 551 Å². The normalized spacial score (nSPS) is 14.5. The number of benzene rings is 2. The Hall–Kier alpha value is -9.10. The summed E-state index contributed by atoms with van der Waals surface area (Å²) in [6.45, 7) is 21.3. The molecule has 0 bridgehead atoms. The molecule has 6 atom stereocenters. The molecule has 94 heavy (non-hydrogen) atoms. The van der Waals surface area contributed by atoms with Gasteiger partial charge in [0, 0.05) is 93.0 Å². The number of primary amides is 1. The first-order chi connectivity index (χ1) is 44.1. The number of anilines is 1. The Balaban J connectivity index is 1.54. The Morgan fingerprint density at radius 3 is 1.93 bits per heavy atom. The van der Waals surface area contributed by atoms with Crippen molar-refractivity contribution in [2.45, 2.75) is 183 Å². The first-order valence-electron chi connectivity index (χ1n) is 32.0. The van der Waals surface area contributed by atoms with E-state index in [0.29, 0.717) is 30.5 Å². The number of fused-ring (bicyclic) bond motifs is 1. The summed E-state index contributed by atoms with van der Waals surface area (Å²) in [6, 6.07) is 6.69. The lowest BCUT2D eigenvalue weighted by atomic mass is 9.76. The number of hydrogen-bond acceptors (Lipinski definition) is 15. The topological polar surface area (TPSA) is 345 Å². The number of hydrogen-bond donors (Lipinski definition) is 7. The largest absolute Gasteiger partial charge is 0.466 e. The van der Waals surface area contributed by atoms with Crippen molar-refractivity contribution in [3.05, 3.63) is 89.7 Å². The van der Waals surface area contributed by atoms with Gasteiger partial charge < -0.3 is 61.3 Å². The van der Waals surface area contributed by atoms with Crippen LogP contribution in [0, 0.1) is 17.3 Å². The van der Waals surface area contributed by atoms with Gasteiger partial charge in [-0.2, -0.15) is 0 Å². The highest BCUT2D eigenvalue weighted by Crippen LogP contribution is 2.37. The Morgan fingerprint density at radius 1 is 0.691 bits per heavy atom. The number of likely N-dealkylation sites (N-methyl/N-ethyl adjacent to an activating group) is 2. The van der Waals surface area contributed by atoms with E-state index in [4.69, 9.17) is 19.9 Å². The molecule has 516 valence electrons. The van der Waals surface area contributed by atoms with E-state index in [9.17, 15) is 47.9 Å². The van der Waals surface area contributed by atoms with E-state index in [1.807, 2.05) is 69.8 Å². The fourth-order valence-electron chi connectivity index (χ4n) is 11.0. The first-order valence-corrected chi connectivity index (χ1v) is 32.0. The van der Waals surface area contributed by atoms with Crippen molar-refractivity contribution in [3.8, 4) is 0 Å². The average Bonchev–Trinajstić information content (AvgIpc) is 1.49. The Morgan fingerprint density at radius 2 is 1.33 bits per heavy atom. The zero-order valence-electron chi connectivity index (χ0n) is 57.2. The third kappa shape index (κ3) is 22.3. The number of para-hydroxylation sites is 1. The van der Waals surface area contributed by atoms with Gasteiger partial charge in [-0.25, -0.2) is 14.4 Å². The maximum atomic E-state index is 15.4. The van der Waals surface area contributed by atoms with Gasteiger partial charge in [0.25, 0.3) is 11.8 Å². The van der Waals surface area contributed by atoms with Crippen LogP contribution in [0.5, 0.6) is 0 Å². The Bertz CT molecular complexity index is 3240. The molecule has 26 heteroatoms. The molecule has 3 aromatic rings. The van der Waals surface area contributed by atoms with Gasteiger partial charge in [-0.3, -0.25) is 53.0 Å². The van der Waals surface area contributed by atoms with Crippen LogP contribution in [0.15, 0.2) is 78.5 Å². The molecule has 26 nitrogen and oxygen atoms in total. The second kappa shape index (κ2) is 35.8. The quantitative estimate of drug-likeness (QED) is 0.0118. The lowest BCUT2D eigenvalue weighted by Crippen LogP contribution is -2.63. The van der Waals surface area contributed by atoms with Crippen molar-refractivity contribution in [1.82, 2.24) is 45.9 Å². The van der Waals surface area contributed by atoms with Gasteiger partial charge in [-0.05, 0) is 99.5 Å². The number of nitrogens with one attached hydrogen (secondary N) is 6. The second-order valence-corrected chi connectivity index (χ2v) is 25.9. The number of carbonyl (C=O) groups is 12. The maximum absolute atomic E-state index is 15.4. The molecule has 0 spiro atoms. The predicted molar refractivity (Wildman–Crippen MR) is 354 cm³/mol. The number of nitrogens with zero attached hydrogens (tertiary/aromatic N) is 4. The van der Waals surface area contributed by atoms with Crippen LogP contribution in [0.4, 0.5) is 15.3 Å². The second-order valence-electron chi connectivity index (χ2n) is 25.9. The van der Waals surface area contributed by atoms with Gasteiger partial charge in [0.15, 0.2) is 0 Å². The number of unbranched alkanes of at least 4 members (excludes halogenated alkanes) is 2. The summed E-state index contributed by atoms with van der Waals surface area (Å²) in [5, 5.41) is 17.3. The van der Waals surface area contributed by atoms with Crippen LogP contribution in [0.1, 0.15) is 146 Å². The number of esters is 2. The molecule has 2 aromatic carbocycles. The third-order valence-electron chi connectivity index (χ3n) is 16.3. The molecular weight excluding hydrogens is 1210 g/mol. The highest BCUT2D eigenvalue weighted by atomic mass is 16.6. The molecule has 8 N–H and O–H groups in total. The van der Waals surface area contributed by atoms with E-state index < -0.39 is 107 Å². The van der Waals surface area contributed by atoms with Gasteiger partial charge in [0.05, 0.1) is 19.3 Å². The molecule has 1 aromatic heterocycles. The number of ether oxygens (including phenoxy) is 3. The summed E-state index contributed by atoms with van der Waals surface area (Å²) in [5.41, 5.74) is 5.76. The van der Waals surface area contributed by atoms with Crippen molar-refractivity contribution in [3.63, 3.8) is 0 Å². The van der Waals surface area contributed by atoms with Crippen LogP contribution in [-0.4, -0.2) is 167 Å². The number of rotatable bonds is 35. The minimum absolute atomic E-state index is 0.0443. The van der Waals surface area contributed by atoms with E-state index in [1.54, 1.807) is 92.8 Å². The molecule has 2 unspecified atom stereocenters. The average molecular weight is 1310 g/mol. The van der Waals surface area contributed by atoms with Crippen LogP contribution in [0.25, 0.3) is 10.9 Å². The van der Waals surface area contributed by atoms with Crippen LogP contribution >= 0.6 is 0 Å². The van der Waals surface area contributed by atoms with Crippen molar-refractivity contribution in [2.75, 3.05) is 45.7 Å². The molecule has 0 saturated heterocycles. The minimum atomic E-state index is -1.32. The lowest BCUT2D eigenvalue weighted by Gasteiger charge is -2.42. The van der Waals surface area contributed by atoms with Crippen LogP contribution in [0.3, 0.4) is 0 Å². The van der Waals surface area contributed by atoms with E-state index in [1.165, 1.54) is 29.0 Å². The number of urea groups is 1. The highest BCUT2D eigenvalue weighted by molar-refractivity contribution is 6.13. The van der Waals surface area contributed by atoms with Crippen LogP contribution in [-0.2, 0) is 81.2 Å². The zero-order chi connectivity index (χ0) is 70.4. The monoisotopic (exact) mass is 1310 g/mol. The van der Waals surface area contributed by atoms with Crippen molar-refractivity contribution >= 4 is 87.9 Å². The zero-order valence-corrected chi connectivity index (χ0v) is 57.2. The number of amides is 11. The summed E-state index contributed by atoms with van der Waals surface area (Å²) in [6.07, 6.45) is 6.70. The molecule has 4 rings (SSSR count). The molecule has 0 fully saturated rings. The minimum Gasteiger partial charge on any atom is -0.466 e. The fraction of sp³-hybridized carbons (Fsp3) is 0.559. The fourth-order valence-corrected chi connectivity index (χ4v) is 11.0. The first kappa shape index (κ1) is 77.3. The SMILES string of the molecule is CCOC(=O)CC[C@@H](NC(=O)/C(C)=C/[C@H](C(C)C)N(C)C(=O)C(NC(=O)[C@@H](N(C)C(=O)OCc1ccc(NC(=O)[C@H](CCCNC(N)=O)NC(=O)C(NC(=O)CCCCCN2C(=O)C=CC2=O)C(C)C)cc1)C(C)(C)c1cn(C)c2ccccc12)C(C)(C)C)C(=O)OCC. The molecule has 0 radical (unpaired) electrons. The van der Waals surface area contributed by atoms with E-state index in [0.717, 1.165) is 21.4 Å². The molecule has 1 aliphatic heterocycles. The third-order valence-corrected chi connectivity index (χ3v) is 16.3. The van der Waals surface area contributed by atoms with Crippen molar-refractivity contribution in [2.24, 2.45) is 30.0 Å². The predicted octanol–water partition coefficient (Wildman–Crippen LogP) is 5.94. The molecule has 2 heterocycles. The standard InChI is InChI=1S/C68H99N11O15/c1-16-92-55(83)35-32-49(64(89)93-17-2)73-59(84)43(7)38-51(41(3)4)77(14)63(88)57(67(8,9)10)75-62(87)58(68(11,12)47-39-76(13)50-26-21-20-24-46(47)50)78(15)66(91)94-40-44-28-30-45(31-29-44)71-60(85)48(25-23-36-70-65(69)90)72-61(86)56(42(5)6)74-52(80)27-19-18-22-37-79-53(81)33-34-54(79)82/h20-21,24,26,28-31,33-34,38-39,41-42,48-49,51,56-58H,16-19,22-23,25,27,32,35-37,40H2,1-15H3,(H,71,85)(H,72,86)(H,73,84)(H,74,80)(H,75,87)(H3,69,70,90)/b43-38+/t48-,49+,51+,56?,57?,58+/m0/s1. The highest BCUT2D eigenvalue weighted by Gasteiger charge is 2.47. The molecule has 1 aliphatic rings. The van der Waals surface area contributed by atoms with Gasteiger partial charge in [0.1, 0.15) is 36.8 Å². The van der Waals surface area contributed by atoms with Gasteiger partial charge >= 0.3 is 24.1 Å². The van der Waals surface area contributed by atoms with Crippen LogP contribution in [0.2, 0.25) is 0 Å². The van der Waals surface area contributed by atoms with E-state index in [-0.39, 0.29) is 94.2 Å². The lowest BCUT2D eigenvalue weighted by molar-refractivity contribution is -0.148. The maximum Gasteiger partial charge on any atom is 0.410 e. The molecule has 0 aliphatic carbocycles. The van der Waals surface area contributed by atoms with Gasteiger partial charge in [-0.15, -0.1) is 0 Å². The number of aromatic nitrogens is 1. The van der Waals surface area contributed by atoms with Crippen molar-refractivity contribution < 1.29 is 71.7 Å². The summed E-state index contributed by atoms with van der Waals surface area (Å²) in [4.78, 5) is 164. The van der Waals surface area contributed by atoms with Gasteiger partial charge in [0.2, 0.25) is 35.4 Å².